The molecule has 3 rings (SSSR count). The molecule has 1 atom stereocenters. The van der Waals surface area contributed by atoms with Crippen molar-refractivity contribution in [1.82, 2.24) is 4.90 Å². The topological polar surface area (TPSA) is 65.1 Å². The van der Waals surface area contributed by atoms with Gasteiger partial charge in [-0.05, 0) is 19.1 Å². The number of piperidine rings is 1. The Labute approximate surface area is 152 Å². The summed E-state index contributed by atoms with van der Waals surface area (Å²) in [6.07, 6.45) is 1.45. The second-order valence-corrected chi connectivity index (χ2v) is 7.16. The number of halogens is 1. The van der Waals surface area contributed by atoms with Crippen molar-refractivity contribution >= 4 is 23.3 Å². The molecule has 0 radical (unpaired) electrons. The second-order valence-electron chi connectivity index (χ2n) is 6.50. The van der Waals surface area contributed by atoms with Crippen LogP contribution in [0.2, 0.25) is 0 Å². The minimum atomic E-state index is -0.615. The molecule has 0 N–H and O–H groups in total. The summed E-state index contributed by atoms with van der Waals surface area (Å²) in [4.78, 5) is 26.5. The summed E-state index contributed by atoms with van der Waals surface area (Å²) in [6.45, 7) is 2.71. The van der Waals surface area contributed by atoms with Crippen LogP contribution in [0.25, 0.3) is 0 Å². The zero-order valence-corrected chi connectivity index (χ0v) is 15.4. The van der Waals surface area contributed by atoms with Gasteiger partial charge in [-0.15, -0.1) is 11.6 Å². The van der Waals surface area contributed by atoms with E-state index in [2.05, 4.69) is 0 Å². The number of benzene rings is 1. The maximum absolute atomic E-state index is 12.7. The fourth-order valence-electron chi connectivity index (χ4n) is 3.53. The number of fused-ring (bicyclic) bond motifs is 1. The summed E-state index contributed by atoms with van der Waals surface area (Å²) in [6, 6.07) is 3.42. The molecule has 0 aromatic heterocycles. The number of ketones is 1. The lowest BCUT2D eigenvalue weighted by Crippen LogP contribution is -2.53. The van der Waals surface area contributed by atoms with Crippen molar-refractivity contribution in [3.63, 3.8) is 0 Å². The van der Waals surface area contributed by atoms with Crippen LogP contribution in [-0.2, 0) is 4.79 Å². The summed E-state index contributed by atoms with van der Waals surface area (Å²) in [5.74, 6) is 1.32. The maximum Gasteiger partial charge on any atom is 0.240 e. The Hall–Kier alpha value is -1.95. The minimum absolute atomic E-state index is 0.0210. The van der Waals surface area contributed by atoms with Gasteiger partial charge in [-0.25, -0.2) is 0 Å². The third kappa shape index (κ3) is 3.15. The molecule has 1 fully saturated rings. The van der Waals surface area contributed by atoms with Gasteiger partial charge in [0.25, 0.3) is 0 Å². The number of hydrogen-bond acceptors (Lipinski definition) is 5. The summed E-state index contributed by atoms with van der Waals surface area (Å²) in [7, 11) is 3.07. The Balaban J connectivity index is 1.86. The Kier molecular flexibility index (Phi) is 4.82. The van der Waals surface area contributed by atoms with Crippen LogP contribution in [0.5, 0.6) is 17.2 Å². The SMILES string of the molecule is COc1ccc2c(c1OC)OC1(CCN(C(=O)C(C)Cl)CC1)CC2=O. The number of carbonyl (C=O) groups is 2. The fraction of sp³-hybridized carbons (Fsp3) is 0.556. The molecule has 0 bridgehead atoms. The smallest absolute Gasteiger partial charge is 0.240 e. The van der Waals surface area contributed by atoms with Crippen molar-refractivity contribution < 1.29 is 23.8 Å². The summed E-state index contributed by atoms with van der Waals surface area (Å²) in [5, 5.41) is -0.548. The first-order valence-corrected chi connectivity index (χ1v) is 8.74. The molecular weight excluding hydrogens is 346 g/mol. The predicted molar refractivity (Wildman–Crippen MR) is 93.0 cm³/mol. The molecule has 25 heavy (non-hydrogen) atoms. The first-order valence-electron chi connectivity index (χ1n) is 8.31. The third-order valence-corrected chi connectivity index (χ3v) is 5.12. The van der Waals surface area contributed by atoms with Gasteiger partial charge in [0.2, 0.25) is 11.7 Å². The van der Waals surface area contributed by atoms with Gasteiger partial charge in [0.05, 0.1) is 26.2 Å². The zero-order chi connectivity index (χ0) is 18.2. The van der Waals surface area contributed by atoms with E-state index in [0.29, 0.717) is 55.2 Å². The Morgan fingerprint density at radius 3 is 2.52 bits per heavy atom. The molecule has 136 valence electrons. The molecule has 2 aliphatic heterocycles. The van der Waals surface area contributed by atoms with Gasteiger partial charge in [-0.3, -0.25) is 9.59 Å². The molecule has 7 heteroatoms. The van der Waals surface area contributed by atoms with Crippen molar-refractivity contribution in [3.05, 3.63) is 17.7 Å². The van der Waals surface area contributed by atoms with Crippen LogP contribution in [0.4, 0.5) is 0 Å². The van der Waals surface area contributed by atoms with Gasteiger partial charge in [-0.1, -0.05) is 0 Å². The van der Waals surface area contributed by atoms with Crippen LogP contribution >= 0.6 is 11.6 Å². The van der Waals surface area contributed by atoms with E-state index in [1.165, 1.54) is 7.11 Å². The summed E-state index contributed by atoms with van der Waals surface area (Å²) in [5.41, 5.74) is -0.105. The van der Waals surface area contributed by atoms with E-state index in [1.807, 2.05) is 0 Å². The van der Waals surface area contributed by atoms with Gasteiger partial charge in [-0.2, -0.15) is 0 Å². The monoisotopic (exact) mass is 367 g/mol. The van der Waals surface area contributed by atoms with E-state index < -0.39 is 11.0 Å². The third-order valence-electron chi connectivity index (χ3n) is 4.93. The molecule has 1 spiro atoms. The van der Waals surface area contributed by atoms with Crippen LogP contribution in [-0.4, -0.2) is 54.9 Å². The largest absolute Gasteiger partial charge is 0.493 e. The summed E-state index contributed by atoms with van der Waals surface area (Å²) < 4.78 is 17.0. The number of alkyl halides is 1. The first kappa shape index (κ1) is 17.9. The predicted octanol–water partition coefficient (Wildman–Crippen LogP) is 2.66. The number of methoxy groups -OCH3 is 2. The lowest BCUT2D eigenvalue weighted by molar-refractivity contribution is -0.134. The normalized spacial score (nSPS) is 19.8. The lowest BCUT2D eigenvalue weighted by atomic mass is 9.82. The number of carbonyl (C=O) groups excluding carboxylic acids is 2. The average molecular weight is 368 g/mol. The van der Waals surface area contributed by atoms with E-state index in [0.717, 1.165) is 0 Å². The van der Waals surface area contributed by atoms with Crippen molar-refractivity contribution in [2.24, 2.45) is 0 Å². The number of hydrogen-bond donors (Lipinski definition) is 0. The Bertz CT molecular complexity index is 695. The average Bonchev–Trinajstić information content (AvgIpc) is 2.60. The molecular formula is C18H22ClNO5. The number of ether oxygens (including phenoxy) is 3. The quantitative estimate of drug-likeness (QED) is 0.768. The molecule has 6 nitrogen and oxygen atoms in total. The zero-order valence-electron chi connectivity index (χ0n) is 14.6. The van der Waals surface area contributed by atoms with Crippen molar-refractivity contribution in [3.8, 4) is 17.2 Å². The van der Waals surface area contributed by atoms with Crippen LogP contribution in [0.3, 0.4) is 0 Å². The van der Waals surface area contributed by atoms with Crippen LogP contribution in [0, 0.1) is 0 Å². The minimum Gasteiger partial charge on any atom is -0.493 e. The van der Waals surface area contributed by atoms with E-state index in [1.54, 1.807) is 31.1 Å². The number of amides is 1. The molecule has 1 saturated heterocycles. The summed E-state index contributed by atoms with van der Waals surface area (Å²) >= 11 is 5.89. The number of Topliss-reactive ketones (excluding diaryl/α,β-unsaturated/α-hetero) is 1. The van der Waals surface area contributed by atoms with Gasteiger partial charge in [0, 0.05) is 25.9 Å². The van der Waals surface area contributed by atoms with Gasteiger partial charge >= 0.3 is 0 Å². The van der Waals surface area contributed by atoms with Gasteiger partial charge in [0.15, 0.2) is 17.3 Å². The maximum atomic E-state index is 12.7. The van der Waals surface area contributed by atoms with Crippen molar-refractivity contribution in [1.29, 1.82) is 0 Å². The van der Waals surface area contributed by atoms with Gasteiger partial charge < -0.3 is 19.1 Å². The van der Waals surface area contributed by atoms with Crippen molar-refractivity contribution in [2.75, 3.05) is 27.3 Å². The van der Waals surface area contributed by atoms with Crippen LogP contribution in [0.15, 0.2) is 12.1 Å². The molecule has 2 aliphatic rings. The van der Waals surface area contributed by atoms with Crippen molar-refractivity contribution in [2.45, 2.75) is 37.2 Å². The van der Waals surface area contributed by atoms with E-state index in [9.17, 15) is 9.59 Å². The Morgan fingerprint density at radius 1 is 1.28 bits per heavy atom. The number of rotatable bonds is 3. The molecule has 1 unspecified atom stereocenters. The highest BCUT2D eigenvalue weighted by Crippen LogP contribution is 2.47. The standard InChI is InChI=1S/C18H22ClNO5/c1-11(19)17(22)20-8-6-18(7-9-20)10-13(21)12-4-5-14(23-2)16(24-3)15(12)25-18/h4-5,11H,6-10H2,1-3H3. The Morgan fingerprint density at radius 2 is 1.96 bits per heavy atom. The fourth-order valence-corrected chi connectivity index (χ4v) is 3.66. The van der Waals surface area contributed by atoms with E-state index in [-0.39, 0.29) is 11.7 Å². The number of nitrogens with zero attached hydrogens (tertiary/aromatic N) is 1. The molecule has 1 amide bonds. The van der Waals surface area contributed by atoms with Gasteiger partial charge in [0.1, 0.15) is 11.0 Å². The molecule has 1 aromatic rings. The highest BCUT2D eigenvalue weighted by Gasteiger charge is 2.45. The van der Waals surface area contributed by atoms with E-state index in [4.69, 9.17) is 25.8 Å². The van der Waals surface area contributed by atoms with E-state index >= 15 is 0 Å². The second kappa shape index (κ2) is 6.75. The molecule has 0 aliphatic carbocycles. The highest BCUT2D eigenvalue weighted by atomic mass is 35.5. The highest BCUT2D eigenvalue weighted by molar-refractivity contribution is 6.30. The van der Waals surface area contributed by atoms with Crippen LogP contribution < -0.4 is 14.2 Å². The lowest BCUT2D eigenvalue weighted by Gasteiger charge is -2.44. The first-order chi connectivity index (χ1) is 11.9. The number of likely N-dealkylation sites (tertiary alicyclic amines) is 1. The van der Waals surface area contributed by atoms with Crippen LogP contribution in [0.1, 0.15) is 36.5 Å². The molecule has 0 saturated carbocycles. The molecule has 2 heterocycles. The molecule has 1 aromatic carbocycles.